The number of benzene rings is 1. The van der Waals surface area contributed by atoms with Crippen LogP contribution in [-0.4, -0.2) is 54.4 Å². The predicted octanol–water partition coefficient (Wildman–Crippen LogP) is 2.94. The fourth-order valence-electron chi connectivity index (χ4n) is 2.22. The smallest absolute Gasteiger partial charge is 0.343 e. The monoisotopic (exact) mass is 351 g/mol. The molecule has 136 valence electrons. The van der Waals surface area contributed by atoms with Crippen LogP contribution in [0.4, 0.5) is 10.2 Å². The summed E-state index contributed by atoms with van der Waals surface area (Å²) in [5, 5.41) is 16.3. The first kappa shape index (κ1) is 18.7. The minimum atomic E-state index is -1.18. The minimum absolute atomic E-state index is 0.00157. The number of halogens is 1. The molecule has 0 unspecified atom stereocenters. The van der Waals surface area contributed by atoms with Gasteiger partial charge in [0.2, 0.25) is 0 Å². The molecule has 0 aliphatic carbocycles. The molecule has 2 N–H and O–H groups in total. The summed E-state index contributed by atoms with van der Waals surface area (Å²) in [6.45, 7) is 5.36. The standard InChI is InChI=1S/C17H22FN3O4/c1-10(2)21(3)8-7-19-16-14(17(22)23)15(25-20-16)11-5-6-12(18)13(9-11)24-4/h5-6,9-10H,7-8H2,1-4H3,(H,19,20)(H,22,23). The first-order chi connectivity index (χ1) is 11.8. The zero-order valence-electron chi connectivity index (χ0n) is 14.7. The molecule has 0 amide bonds. The van der Waals surface area contributed by atoms with E-state index in [4.69, 9.17) is 9.26 Å². The van der Waals surface area contributed by atoms with Gasteiger partial charge in [-0.25, -0.2) is 9.18 Å². The Bertz CT molecular complexity index is 745. The number of carbonyl (C=O) groups is 1. The van der Waals surface area contributed by atoms with E-state index >= 15 is 0 Å². The summed E-state index contributed by atoms with van der Waals surface area (Å²) in [5.74, 6) is -1.54. The molecule has 0 radical (unpaired) electrons. The first-order valence-corrected chi connectivity index (χ1v) is 7.86. The van der Waals surface area contributed by atoms with Gasteiger partial charge >= 0.3 is 5.97 Å². The van der Waals surface area contributed by atoms with Crippen LogP contribution in [0.1, 0.15) is 24.2 Å². The Labute approximate surface area is 145 Å². The number of anilines is 1. The first-order valence-electron chi connectivity index (χ1n) is 7.86. The second-order valence-corrected chi connectivity index (χ2v) is 5.89. The third-order valence-electron chi connectivity index (χ3n) is 3.96. The van der Waals surface area contributed by atoms with E-state index in [9.17, 15) is 14.3 Å². The van der Waals surface area contributed by atoms with E-state index in [0.29, 0.717) is 24.7 Å². The lowest BCUT2D eigenvalue weighted by Crippen LogP contribution is -2.31. The van der Waals surface area contributed by atoms with Crippen LogP contribution in [0.25, 0.3) is 11.3 Å². The lowest BCUT2D eigenvalue weighted by Gasteiger charge is -2.20. The van der Waals surface area contributed by atoms with Crippen LogP contribution in [0.2, 0.25) is 0 Å². The zero-order chi connectivity index (χ0) is 18.6. The average Bonchev–Trinajstić information content (AvgIpc) is 2.99. The van der Waals surface area contributed by atoms with Gasteiger partial charge in [-0.15, -0.1) is 0 Å². The van der Waals surface area contributed by atoms with Gasteiger partial charge in [0.05, 0.1) is 7.11 Å². The van der Waals surface area contributed by atoms with E-state index in [2.05, 4.69) is 29.2 Å². The lowest BCUT2D eigenvalue weighted by molar-refractivity contribution is 0.0698. The molecule has 0 saturated carbocycles. The van der Waals surface area contributed by atoms with E-state index < -0.39 is 11.8 Å². The number of hydrogen-bond acceptors (Lipinski definition) is 6. The number of nitrogens with one attached hydrogen (secondary N) is 1. The van der Waals surface area contributed by atoms with Crippen molar-refractivity contribution < 1.29 is 23.6 Å². The number of aromatic nitrogens is 1. The van der Waals surface area contributed by atoms with Crippen LogP contribution in [0, 0.1) is 5.82 Å². The molecule has 8 heteroatoms. The van der Waals surface area contributed by atoms with Crippen molar-refractivity contribution >= 4 is 11.8 Å². The maximum atomic E-state index is 13.6. The molecule has 1 heterocycles. The zero-order valence-corrected chi connectivity index (χ0v) is 14.7. The molecule has 0 spiro atoms. The lowest BCUT2D eigenvalue weighted by atomic mass is 10.1. The van der Waals surface area contributed by atoms with Crippen LogP contribution in [0.5, 0.6) is 5.75 Å². The predicted molar refractivity (Wildman–Crippen MR) is 91.7 cm³/mol. The molecule has 0 saturated heterocycles. The topological polar surface area (TPSA) is 87.8 Å². The number of methoxy groups -OCH3 is 1. The number of carboxylic acids is 1. The van der Waals surface area contributed by atoms with Gasteiger partial charge in [-0.2, -0.15) is 0 Å². The Kier molecular flexibility index (Phi) is 5.97. The van der Waals surface area contributed by atoms with Gasteiger partial charge in [-0.1, -0.05) is 5.16 Å². The maximum Gasteiger partial charge on any atom is 0.343 e. The molecule has 7 nitrogen and oxygen atoms in total. The Morgan fingerprint density at radius 3 is 2.80 bits per heavy atom. The number of carboxylic acid groups (broad SMARTS) is 1. The molecule has 1 aromatic heterocycles. The van der Waals surface area contributed by atoms with Gasteiger partial charge in [0.25, 0.3) is 0 Å². The number of rotatable bonds is 8. The van der Waals surface area contributed by atoms with Gasteiger partial charge in [0.15, 0.2) is 28.7 Å². The molecule has 0 aliphatic heterocycles. The van der Waals surface area contributed by atoms with Crippen LogP contribution in [0.15, 0.2) is 22.7 Å². The van der Waals surface area contributed by atoms with Crippen molar-refractivity contribution in [2.45, 2.75) is 19.9 Å². The van der Waals surface area contributed by atoms with Crippen molar-refractivity contribution in [3.05, 3.63) is 29.6 Å². The molecule has 1 aromatic carbocycles. The van der Waals surface area contributed by atoms with Crippen LogP contribution >= 0.6 is 0 Å². The normalized spacial score (nSPS) is 11.2. The summed E-state index contributed by atoms with van der Waals surface area (Å²) in [6, 6.07) is 4.35. The van der Waals surface area contributed by atoms with Crippen LogP contribution in [-0.2, 0) is 0 Å². The van der Waals surface area contributed by atoms with E-state index in [1.165, 1.54) is 25.3 Å². The molecule has 2 rings (SSSR count). The Morgan fingerprint density at radius 2 is 2.20 bits per heavy atom. The minimum Gasteiger partial charge on any atom is -0.494 e. The van der Waals surface area contributed by atoms with E-state index in [1.54, 1.807) is 0 Å². The molecular formula is C17H22FN3O4. The quantitative estimate of drug-likeness (QED) is 0.756. The van der Waals surface area contributed by atoms with Gasteiger partial charge in [0.1, 0.15) is 0 Å². The third-order valence-corrected chi connectivity index (χ3v) is 3.96. The summed E-state index contributed by atoms with van der Waals surface area (Å²) in [4.78, 5) is 13.8. The van der Waals surface area contributed by atoms with Crippen LogP contribution < -0.4 is 10.1 Å². The SMILES string of the molecule is COc1cc(-c2onc(NCCN(C)C(C)C)c2C(=O)O)ccc1F. The number of ether oxygens (including phenoxy) is 1. The van der Waals surface area contributed by atoms with Crippen molar-refractivity contribution in [2.75, 3.05) is 32.6 Å². The van der Waals surface area contributed by atoms with Gasteiger partial charge in [-0.05, 0) is 39.1 Å². The van der Waals surface area contributed by atoms with E-state index in [-0.39, 0.29) is 22.9 Å². The van der Waals surface area contributed by atoms with Crippen molar-refractivity contribution in [3.63, 3.8) is 0 Å². The highest BCUT2D eigenvalue weighted by atomic mass is 19.1. The number of aromatic carboxylic acids is 1. The molecule has 2 aromatic rings. The largest absolute Gasteiger partial charge is 0.494 e. The average molecular weight is 351 g/mol. The van der Waals surface area contributed by atoms with Crippen LogP contribution in [0.3, 0.4) is 0 Å². The van der Waals surface area contributed by atoms with Gasteiger partial charge < -0.3 is 24.6 Å². The van der Waals surface area contributed by atoms with Crippen molar-refractivity contribution in [2.24, 2.45) is 0 Å². The Balaban J connectivity index is 2.26. The molecule has 0 bridgehead atoms. The van der Waals surface area contributed by atoms with E-state index in [0.717, 1.165) is 0 Å². The fraction of sp³-hybridized carbons (Fsp3) is 0.412. The summed E-state index contributed by atoms with van der Waals surface area (Å²) in [7, 11) is 3.31. The molecule has 25 heavy (non-hydrogen) atoms. The maximum absolute atomic E-state index is 13.6. The summed E-state index contributed by atoms with van der Waals surface area (Å²) in [6.07, 6.45) is 0. The van der Waals surface area contributed by atoms with Crippen molar-refractivity contribution in [1.29, 1.82) is 0 Å². The highest BCUT2D eigenvalue weighted by Crippen LogP contribution is 2.32. The third kappa shape index (κ3) is 4.27. The highest BCUT2D eigenvalue weighted by Gasteiger charge is 2.24. The fourth-order valence-corrected chi connectivity index (χ4v) is 2.22. The molecule has 0 atom stereocenters. The number of hydrogen-bond donors (Lipinski definition) is 2. The second-order valence-electron chi connectivity index (χ2n) is 5.89. The summed E-state index contributed by atoms with van der Waals surface area (Å²) < 4.78 is 23.7. The molecule has 0 aliphatic rings. The van der Waals surface area contributed by atoms with Crippen molar-refractivity contribution in [1.82, 2.24) is 10.1 Å². The second kappa shape index (κ2) is 7.98. The summed E-state index contributed by atoms with van der Waals surface area (Å²) >= 11 is 0. The van der Waals surface area contributed by atoms with Gasteiger partial charge in [-0.3, -0.25) is 0 Å². The number of nitrogens with zero attached hydrogens (tertiary/aromatic N) is 2. The highest BCUT2D eigenvalue weighted by molar-refractivity contribution is 5.99. The van der Waals surface area contributed by atoms with Gasteiger partial charge in [0, 0.05) is 24.7 Å². The van der Waals surface area contributed by atoms with E-state index in [1.807, 2.05) is 7.05 Å². The Morgan fingerprint density at radius 1 is 1.48 bits per heavy atom. The van der Waals surface area contributed by atoms with Crippen molar-refractivity contribution in [3.8, 4) is 17.1 Å². The Hall–Kier alpha value is -2.61. The number of likely N-dealkylation sites (N-methyl/N-ethyl adjacent to an activating group) is 1. The molecule has 0 fully saturated rings. The molecular weight excluding hydrogens is 329 g/mol. The summed E-state index contributed by atoms with van der Waals surface area (Å²) in [5.41, 5.74) is 0.274.